The van der Waals surface area contributed by atoms with Crippen molar-refractivity contribution < 1.29 is 19.8 Å². The van der Waals surface area contributed by atoms with E-state index in [1.54, 1.807) is 0 Å². The fourth-order valence-corrected chi connectivity index (χ4v) is 1.50. The first-order valence-electron chi connectivity index (χ1n) is 5.31. The number of hydrogen-bond acceptors (Lipinski definition) is 4. The van der Waals surface area contributed by atoms with Gasteiger partial charge in [0.25, 0.3) is 0 Å². The quantitative estimate of drug-likeness (QED) is 0.466. The Hall–Kier alpha value is -1.14. The highest BCUT2D eigenvalue weighted by Gasteiger charge is 2.26. The Kier molecular flexibility index (Phi) is 4.26. The molecule has 1 saturated heterocycles. The number of amides is 1. The number of hydrogen-bond donors (Lipinski definition) is 4. The van der Waals surface area contributed by atoms with Gasteiger partial charge >= 0.3 is 5.97 Å². The van der Waals surface area contributed by atoms with Crippen molar-refractivity contribution in [2.45, 2.75) is 25.4 Å². The van der Waals surface area contributed by atoms with Gasteiger partial charge < -0.3 is 20.8 Å². The lowest BCUT2D eigenvalue weighted by Gasteiger charge is -2.27. The van der Waals surface area contributed by atoms with Crippen LogP contribution in [0.4, 0.5) is 0 Å². The topological polar surface area (TPSA) is 98.7 Å². The number of aliphatic hydroxyl groups is 1. The molecule has 0 aliphatic carbocycles. The summed E-state index contributed by atoms with van der Waals surface area (Å²) >= 11 is 0. The second kappa shape index (κ2) is 5.27. The van der Waals surface area contributed by atoms with Crippen molar-refractivity contribution in [1.82, 2.24) is 10.6 Å². The SMILES string of the molecule is CC(O)(CNC(=O)CC1CNC1)CC(=O)O. The summed E-state index contributed by atoms with van der Waals surface area (Å²) in [6.07, 6.45) is 0.0500. The monoisotopic (exact) mass is 230 g/mol. The van der Waals surface area contributed by atoms with Crippen molar-refractivity contribution in [3.05, 3.63) is 0 Å². The van der Waals surface area contributed by atoms with E-state index in [9.17, 15) is 14.7 Å². The van der Waals surface area contributed by atoms with E-state index in [4.69, 9.17) is 5.11 Å². The van der Waals surface area contributed by atoms with E-state index in [0.29, 0.717) is 12.3 Å². The average molecular weight is 230 g/mol. The molecule has 92 valence electrons. The van der Waals surface area contributed by atoms with E-state index in [0.717, 1.165) is 13.1 Å². The third-order valence-electron chi connectivity index (χ3n) is 2.54. The Bertz CT molecular complexity index is 274. The molecule has 16 heavy (non-hydrogen) atoms. The Morgan fingerprint density at radius 1 is 1.50 bits per heavy atom. The van der Waals surface area contributed by atoms with E-state index in [2.05, 4.69) is 10.6 Å². The molecule has 1 unspecified atom stereocenters. The smallest absolute Gasteiger partial charge is 0.306 e. The number of nitrogens with one attached hydrogen (secondary N) is 2. The molecule has 1 fully saturated rings. The lowest BCUT2D eigenvalue weighted by molar-refractivity contribution is -0.142. The lowest BCUT2D eigenvalue weighted by Crippen LogP contribution is -2.47. The zero-order valence-electron chi connectivity index (χ0n) is 9.32. The van der Waals surface area contributed by atoms with E-state index in [-0.39, 0.29) is 18.9 Å². The van der Waals surface area contributed by atoms with Crippen LogP contribution in [0.2, 0.25) is 0 Å². The van der Waals surface area contributed by atoms with Crippen LogP contribution in [0.3, 0.4) is 0 Å². The van der Waals surface area contributed by atoms with Crippen LogP contribution in [0.25, 0.3) is 0 Å². The molecule has 4 N–H and O–H groups in total. The van der Waals surface area contributed by atoms with Crippen molar-refractivity contribution in [3.8, 4) is 0 Å². The largest absolute Gasteiger partial charge is 0.481 e. The molecule has 6 heteroatoms. The Labute approximate surface area is 94.0 Å². The summed E-state index contributed by atoms with van der Waals surface area (Å²) in [7, 11) is 0. The van der Waals surface area contributed by atoms with Crippen LogP contribution in [0.15, 0.2) is 0 Å². The van der Waals surface area contributed by atoms with Crippen LogP contribution in [0.5, 0.6) is 0 Å². The van der Waals surface area contributed by atoms with Gasteiger partial charge in [-0.05, 0) is 25.9 Å². The molecule has 0 saturated carbocycles. The summed E-state index contributed by atoms with van der Waals surface area (Å²) in [6, 6.07) is 0. The highest BCUT2D eigenvalue weighted by Crippen LogP contribution is 2.10. The average Bonchev–Trinajstić information content (AvgIpc) is 2.06. The highest BCUT2D eigenvalue weighted by atomic mass is 16.4. The van der Waals surface area contributed by atoms with Crippen LogP contribution < -0.4 is 10.6 Å². The lowest BCUT2D eigenvalue weighted by atomic mass is 9.98. The van der Waals surface area contributed by atoms with Crippen LogP contribution >= 0.6 is 0 Å². The first-order valence-corrected chi connectivity index (χ1v) is 5.31. The molecule has 1 aliphatic heterocycles. The predicted octanol–water partition coefficient (Wildman–Crippen LogP) is -1.06. The fourth-order valence-electron chi connectivity index (χ4n) is 1.50. The highest BCUT2D eigenvalue weighted by molar-refractivity contribution is 5.76. The van der Waals surface area contributed by atoms with E-state index in [1.807, 2.05) is 0 Å². The van der Waals surface area contributed by atoms with Gasteiger partial charge in [-0.25, -0.2) is 0 Å². The summed E-state index contributed by atoms with van der Waals surface area (Å²) in [5.41, 5.74) is -1.39. The number of carbonyl (C=O) groups is 2. The number of carbonyl (C=O) groups excluding carboxylic acids is 1. The minimum absolute atomic E-state index is 0.0295. The van der Waals surface area contributed by atoms with E-state index < -0.39 is 11.6 Å². The van der Waals surface area contributed by atoms with Gasteiger partial charge in [0.05, 0.1) is 12.0 Å². The molecule has 0 radical (unpaired) electrons. The molecular formula is C10H18N2O4. The maximum absolute atomic E-state index is 11.4. The number of carboxylic acids is 1. The molecule has 1 heterocycles. The third-order valence-corrected chi connectivity index (χ3v) is 2.54. The second-order valence-electron chi connectivity index (χ2n) is 4.57. The minimum Gasteiger partial charge on any atom is -0.481 e. The van der Waals surface area contributed by atoms with Gasteiger partial charge in [0.1, 0.15) is 0 Å². The minimum atomic E-state index is -1.39. The maximum Gasteiger partial charge on any atom is 0.306 e. The van der Waals surface area contributed by atoms with Gasteiger partial charge in [-0.1, -0.05) is 0 Å². The number of carboxylic acid groups (broad SMARTS) is 1. The summed E-state index contributed by atoms with van der Waals surface area (Å²) < 4.78 is 0. The Balaban J connectivity index is 2.21. The molecule has 6 nitrogen and oxygen atoms in total. The van der Waals surface area contributed by atoms with Gasteiger partial charge in [0, 0.05) is 13.0 Å². The number of rotatable bonds is 6. The first-order chi connectivity index (χ1) is 7.39. The van der Waals surface area contributed by atoms with Gasteiger partial charge in [-0.2, -0.15) is 0 Å². The summed E-state index contributed by atoms with van der Waals surface area (Å²) in [5.74, 6) is -0.857. The number of aliphatic carboxylic acids is 1. The standard InChI is InChI=1S/C10H18N2O4/c1-10(16,3-9(14)15)6-12-8(13)2-7-4-11-5-7/h7,11,16H,2-6H2,1H3,(H,12,13)(H,14,15). The van der Waals surface area contributed by atoms with Crippen molar-refractivity contribution in [2.75, 3.05) is 19.6 Å². The molecule has 1 amide bonds. The van der Waals surface area contributed by atoms with Gasteiger partial charge in [-0.3, -0.25) is 9.59 Å². The third kappa shape index (κ3) is 4.59. The Morgan fingerprint density at radius 2 is 2.12 bits per heavy atom. The molecule has 0 spiro atoms. The van der Waals surface area contributed by atoms with Gasteiger partial charge in [0.2, 0.25) is 5.91 Å². The zero-order chi connectivity index (χ0) is 12.2. The van der Waals surface area contributed by atoms with E-state index in [1.165, 1.54) is 6.92 Å². The van der Waals surface area contributed by atoms with Crippen molar-refractivity contribution >= 4 is 11.9 Å². The normalized spacial score (nSPS) is 19.6. The molecule has 1 atom stereocenters. The van der Waals surface area contributed by atoms with Gasteiger partial charge in [0.15, 0.2) is 0 Å². The van der Waals surface area contributed by atoms with Crippen molar-refractivity contribution in [1.29, 1.82) is 0 Å². The van der Waals surface area contributed by atoms with Gasteiger partial charge in [-0.15, -0.1) is 0 Å². The molecular weight excluding hydrogens is 212 g/mol. The molecule has 1 aliphatic rings. The molecule has 0 bridgehead atoms. The van der Waals surface area contributed by atoms with Crippen LogP contribution in [0.1, 0.15) is 19.8 Å². The molecule has 0 aromatic heterocycles. The summed E-state index contributed by atoms with van der Waals surface area (Å²) in [5, 5.41) is 23.8. The van der Waals surface area contributed by atoms with Crippen LogP contribution in [-0.4, -0.2) is 47.3 Å². The second-order valence-corrected chi connectivity index (χ2v) is 4.57. The van der Waals surface area contributed by atoms with Crippen LogP contribution in [0, 0.1) is 5.92 Å². The first kappa shape index (κ1) is 12.9. The molecule has 1 rings (SSSR count). The van der Waals surface area contributed by atoms with Crippen molar-refractivity contribution in [2.24, 2.45) is 5.92 Å². The Morgan fingerprint density at radius 3 is 2.56 bits per heavy atom. The summed E-state index contributed by atoms with van der Waals surface area (Å²) in [4.78, 5) is 21.8. The maximum atomic E-state index is 11.4. The predicted molar refractivity (Wildman–Crippen MR) is 56.9 cm³/mol. The summed E-state index contributed by atoms with van der Waals surface area (Å²) in [6.45, 7) is 3.06. The zero-order valence-corrected chi connectivity index (χ0v) is 9.32. The van der Waals surface area contributed by atoms with E-state index >= 15 is 0 Å². The molecule has 0 aromatic carbocycles. The van der Waals surface area contributed by atoms with Crippen LogP contribution in [-0.2, 0) is 9.59 Å². The molecule has 0 aromatic rings. The van der Waals surface area contributed by atoms with Crippen molar-refractivity contribution in [3.63, 3.8) is 0 Å². The fraction of sp³-hybridized carbons (Fsp3) is 0.800.